The number of hydrogen-bond acceptors (Lipinski definition) is 5. The zero-order valence-corrected chi connectivity index (χ0v) is 20.6. The minimum absolute atomic E-state index is 0.0863. The maximum Gasteiger partial charge on any atom is 0.343 e. The Hall–Kier alpha value is -1.59. The SMILES string of the molecule is CCCCCCCCCCCCCCCCOC(=O)C(CC)(NC(C)=O)C(=O)OCC. The molecule has 0 spiro atoms. The maximum atomic E-state index is 12.5. The lowest BCUT2D eigenvalue weighted by Gasteiger charge is -2.28. The largest absolute Gasteiger partial charge is 0.464 e. The van der Waals surface area contributed by atoms with Gasteiger partial charge in [0, 0.05) is 6.92 Å². The third kappa shape index (κ3) is 13.4. The number of carbonyl (C=O) groups excluding carboxylic acids is 3. The van der Waals surface area contributed by atoms with Gasteiger partial charge in [0.25, 0.3) is 0 Å². The number of rotatable bonds is 20. The van der Waals surface area contributed by atoms with E-state index in [1.807, 2.05) is 0 Å². The second kappa shape index (κ2) is 19.1. The monoisotopic (exact) mass is 441 g/mol. The first-order valence-electron chi connectivity index (χ1n) is 12.6. The van der Waals surface area contributed by atoms with Crippen molar-refractivity contribution in [3.63, 3.8) is 0 Å². The molecule has 6 nitrogen and oxygen atoms in total. The summed E-state index contributed by atoms with van der Waals surface area (Å²) in [5.74, 6) is -1.97. The van der Waals surface area contributed by atoms with Crippen molar-refractivity contribution in [2.24, 2.45) is 0 Å². The van der Waals surface area contributed by atoms with Gasteiger partial charge in [-0.1, -0.05) is 97.3 Å². The van der Waals surface area contributed by atoms with Gasteiger partial charge in [0.05, 0.1) is 13.2 Å². The van der Waals surface area contributed by atoms with Gasteiger partial charge in [0.15, 0.2) is 0 Å². The minimum atomic E-state index is -1.75. The van der Waals surface area contributed by atoms with Crippen LogP contribution in [0.4, 0.5) is 0 Å². The Labute approximate surface area is 190 Å². The molecule has 1 N–H and O–H groups in total. The third-order valence-electron chi connectivity index (χ3n) is 5.62. The molecule has 0 fully saturated rings. The molecule has 0 heterocycles. The average molecular weight is 442 g/mol. The van der Waals surface area contributed by atoms with Gasteiger partial charge in [-0.25, -0.2) is 9.59 Å². The average Bonchev–Trinajstić information content (AvgIpc) is 2.74. The zero-order chi connectivity index (χ0) is 23.4. The summed E-state index contributed by atoms with van der Waals surface area (Å²) in [6.45, 7) is 7.21. The Morgan fingerprint density at radius 3 is 1.45 bits per heavy atom. The van der Waals surface area contributed by atoms with Gasteiger partial charge in [-0.3, -0.25) is 4.79 Å². The first-order valence-corrected chi connectivity index (χ1v) is 12.6. The molecule has 0 rings (SSSR count). The summed E-state index contributed by atoms with van der Waals surface area (Å²) in [4.78, 5) is 36.4. The predicted molar refractivity (Wildman–Crippen MR) is 125 cm³/mol. The highest BCUT2D eigenvalue weighted by atomic mass is 16.6. The number of amides is 1. The highest BCUT2D eigenvalue weighted by Crippen LogP contribution is 2.17. The third-order valence-corrected chi connectivity index (χ3v) is 5.62. The summed E-state index contributed by atoms with van der Waals surface area (Å²) in [5, 5.41) is 2.44. The molecule has 0 aliphatic rings. The van der Waals surface area contributed by atoms with E-state index >= 15 is 0 Å². The van der Waals surface area contributed by atoms with Crippen molar-refractivity contribution in [2.75, 3.05) is 13.2 Å². The van der Waals surface area contributed by atoms with Crippen molar-refractivity contribution < 1.29 is 23.9 Å². The minimum Gasteiger partial charge on any atom is -0.464 e. The zero-order valence-electron chi connectivity index (χ0n) is 20.6. The van der Waals surface area contributed by atoms with Crippen LogP contribution in [0.25, 0.3) is 0 Å². The van der Waals surface area contributed by atoms with Gasteiger partial charge >= 0.3 is 11.9 Å². The number of ether oxygens (including phenoxy) is 2. The van der Waals surface area contributed by atoms with Crippen LogP contribution >= 0.6 is 0 Å². The fourth-order valence-corrected chi connectivity index (χ4v) is 3.70. The predicted octanol–water partition coefficient (Wildman–Crippen LogP) is 5.86. The van der Waals surface area contributed by atoms with E-state index in [1.165, 1.54) is 77.6 Å². The topological polar surface area (TPSA) is 81.7 Å². The van der Waals surface area contributed by atoms with Crippen LogP contribution in [0.15, 0.2) is 0 Å². The van der Waals surface area contributed by atoms with Crippen LogP contribution in [0.1, 0.15) is 124 Å². The quantitative estimate of drug-likeness (QED) is 0.145. The van der Waals surface area contributed by atoms with Crippen LogP contribution in [-0.4, -0.2) is 36.6 Å². The maximum absolute atomic E-state index is 12.5. The summed E-state index contributed by atoms with van der Waals surface area (Å²) >= 11 is 0. The van der Waals surface area contributed by atoms with E-state index < -0.39 is 23.4 Å². The fourth-order valence-electron chi connectivity index (χ4n) is 3.70. The molecule has 0 aliphatic carbocycles. The fraction of sp³-hybridized carbons (Fsp3) is 0.880. The molecule has 1 unspecified atom stereocenters. The summed E-state index contributed by atoms with van der Waals surface area (Å²) in [6.07, 6.45) is 17.6. The normalized spacial score (nSPS) is 12.8. The molecule has 6 heteroatoms. The van der Waals surface area contributed by atoms with Crippen LogP contribution in [0, 0.1) is 0 Å². The lowest BCUT2D eigenvalue weighted by molar-refractivity contribution is -0.168. The number of hydrogen-bond donors (Lipinski definition) is 1. The van der Waals surface area contributed by atoms with Crippen molar-refractivity contribution in [2.45, 2.75) is 130 Å². The Morgan fingerprint density at radius 2 is 1.06 bits per heavy atom. The molecule has 0 saturated carbocycles. The van der Waals surface area contributed by atoms with E-state index in [-0.39, 0.29) is 19.6 Å². The van der Waals surface area contributed by atoms with Crippen LogP contribution in [-0.2, 0) is 23.9 Å². The lowest BCUT2D eigenvalue weighted by Crippen LogP contribution is -2.60. The molecule has 0 aromatic carbocycles. The Balaban J connectivity index is 3.89. The standard InChI is InChI=1S/C25H47NO5/c1-5-8-9-10-11-12-13-14-15-16-17-18-19-20-21-31-24(29)25(6-2,26-22(4)27)23(28)30-7-3/h5-21H2,1-4H3,(H,26,27). The molecule has 0 aromatic rings. The summed E-state index contributed by atoms with van der Waals surface area (Å²) in [5.41, 5.74) is -1.75. The van der Waals surface area contributed by atoms with E-state index in [0.717, 1.165) is 19.3 Å². The van der Waals surface area contributed by atoms with Crippen LogP contribution in [0.2, 0.25) is 0 Å². The van der Waals surface area contributed by atoms with E-state index in [1.54, 1.807) is 13.8 Å². The smallest absolute Gasteiger partial charge is 0.343 e. The van der Waals surface area contributed by atoms with E-state index in [9.17, 15) is 14.4 Å². The molecule has 182 valence electrons. The second-order valence-electron chi connectivity index (χ2n) is 8.39. The molecule has 0 bridgehead atoms. The first-order chi connectivity index (χ1) is 14.9. The van der Waals surface area contributed by atoms with Gasteiger partial charge in [-0.15, -0.1) is 0 Å². The highest BCUT2D eigenvalue weighted by Gasteiger charge is 2.48. The summed E-state index contributed by atoms with van der Waals surface area (Å²) in [7, 11) is 0. The van der Waals surface area contributed by atoms with Gasteiger partial charge in [0.1, 0.15) is 0 Å². The van der Waals surface area contributed by atoms with Crippen molar-refractivity contribution >= 4 is 17.8 Å². The van der Waals surface area contributed by atoms with Gasteiger partial charge < -0.3 is 14.8 Å². The van der Waals surface area contributed by atoms with Crippen molar-refractivity contribution in [1.82, 2.24) is 5.32 Å². The Bertz CT molecular complexity index is 494. The molecule has 1 amide bonds. The molecule has 0 radical (unpaired) electrons. The van der Waals surface area contributed by atoms with Crippen LogP contribution < -0.4 is 5.32 Å². The van der Waals surface area contributed by atoms with E-state index in [0.29, 0.717) is 0 Å². The Morgan fingerprint density at radius 1 is 0.645 bits per heavy atom. The summed E-state index contributed by atoms with van der Waals surface area (Å²) < 4.78 is 10.3. The second-order valence-corrected chi connectivity index (χ2v) is 8.39. The van der Waals surface area contributed by atoms with E-state index in [2.05, 4.69) is 12.2 Å². The Kier molecular flexibility index (Phi) is 18.1. The highest BCUT2D eigenvalue weighted by molar-refractivity contribution is 6.07. The molecule has 0 saturated heterocycles. The van der Waals surface area contributed by atoms with Crippen molar-refractivity contribution in [3.05, 3.63) is 0 Å². The van der Waals surface area contributed by atoms with Crippen molar-refractivity contribution in [1.29, 1.82) is 0 Å². The molecular formula is C25H47NO5. The molecule has 0 aliphatic heterocycles. The van der Waals surface area contributed by atoms with Gasteiger partial charge in [-0.05, 0) is 19.8 Å². The molecule has 31 heavy (non-hydrogen) atoms. The van der Waals surface area contributed by atoms with E-state index in [4.69, 9.17) is 9.47 Å². The van der Waals surface area contributed by atoms with Crippen LogP contribution in [0.3, 0.4) is 0 Å². The lowest BCUT2D eigenvalue weighted by atomic mass is 9.96. The summed E-state index contributed by atoms with van der Waals surface area (Å²) in [6, 6.07) is 0. The number of esters is 2. The first kappa shape index (κ1) is 29.4. The van der Waals surface area contributed by atoms with Crippen LogP contribution in [0.5, 0.6) is 0 Å². The number of carbonyl (C=O) groups is 3. The number of unbranched alkanes of at least 4 members (excludes halogenated alkanes) is 13. The van der Waals surface area contributed by atoms with Crippen molar-refractivity contribution in [3.8, 4) is 0 Å². The number of nitrogens with one attached hydrogen (secondary N) is 1. The molecule has 0 aromatic heterocycles. The molecular weight excluding hydrogens is 394 g/mol. The molecule has 1 atom stereocenters. The van der Waals surface area contributed by atoms with Gasteiger partial charge in [-0.2, -0.15) is 0 Å². The van der Waals surface area contributed by atoms with Gasteiger partial charge in [0.2, 0.25) is 11.4 Å².